The Bertz CT molecular complexity index is 510. The average molecular weight is 232 g/mol. The van der Waals surface area contributed by atoms with E-state index in [2.05, 4.69) is 0 Å². The molecule has 0 heterocycles. The summed E-state index contributed by atoms with van der Waals surface area (Å²) in [6.07, 6.45) is 1.50. The summed E-state index contributed by atoms with van der Waals surface area (Å²) >= 11 is 0. The van der Waals surface area contributed by atoms with E-state index in [0.717, 1.165) is 11.1 Å². The third-order valence-corrected chi connectivity index (χ3v) is 3.23. The number of rotatable bonds is 1. The number of aliphatic hydroxyl groups is 1. The van der Waals surface area contributed by atoms with Crippen LogP contribution in [0.15, 0.2) is 24.3 Å². The van der Waals surface area contributed by atoms with Crippen LogP contribution in [0.4, 0.5) is 0 Å². The number of fused-ring (bicyclic) bond motifs is 1. The Hall–Kier alpha value is -1.61. The SMILES string of the molecule is CC(C)C1=CC(=O)C(C)(O)c2cc(O)ccc21. The molecule has 0 bridgehead atoms. The molecule has 0 aliphatic heterocycles. The largest absolute Gasteiger partial charge is 0.508 e. The van der Waals surface area contributed by atoms with Gasteiger partial charge in [-0.25, -0.2) is 0 Å². The maximum atomic E-state index is 11.9. The van der Waals surface area contributed by atoms with Gasteiger partial charge < -0.3 is 10.2 Å². The molecule has 2 rings (SSSR count). The van der Waals surface area contributed by atoms with E-state index in [0.29, 0.717) is 5.56 Å². The molecule has 0 saturated heterocycles. The van der Waals surface area contributed by atoms with Crippen molar-refractivity contribution in [3.8, 4) is 5.75 Å². The molecule has 0 amide bonds. The summed E-state index contributed by atoms with van der Waals surface area (Å²) in [4.78, 5) is 11.9. The van der Waals surface area contributed by atoms with Gasteiger partial charge in [-0.05, 0) is 42.2 Å². The smallest absolute Gasteiger partial charge is 0.191 e. The van der Waals surface area contributed by atoms with Crippen LogP contribution in [-0.4, -0.2) is 16.0 Å². The summed E-state index contributed by atoms with van der Waals surface area (Å²) in [6.45, 7) is 5.45. The Kier molecular flexibility index (Phi) is 2.59. The number of allylic oxidation sites excluding steroid dienone is 1. The molecule has 2 N–H and O–H groups in total. The van der Waals surface area contributed by atoms with Gasteiger partial charge in [0.05, 0.1) is 0 Å². The molecule has 0 spiro atoms. The quantitative estimate of drug-likeness (QED) is 0.780. The predicted molar refractivity (Wildman–Crippen MR) is 65.5 cm³/mol. The zero-order valence-corrected chi connectivity index (χ0v) is 10.2. The number of hydrogen-bond donors (Lipinski definition) is 2. The minimum absolute atomic E-state index is 0.0573. The lowest BCUT2D eigenvalue weighted by Crippen LogP contribution is -2.35. The normalized spacial score (nSPS) is 23.6. The van der Waals surface area contributed by atoms with Crippen LogP contribution >= 0.6 is 0 Å². The Morgan fingerprint density at radius 2 is 1.94 bits per heavy atom. The van der Waals surface area contributed by atoms with Crippen LogP contribution in [0.3, 0.4) is 0 Å². The van der Waals surface area contributed by atoms with Crippen molar-refractivity contribution in [2.24, 2.45) is 5.92 Å². The molecule has 1 aromatic carbocycles. The first-order chi connectivity index (χ1) is 7.84. The molecule has 0 fully saturated rings. The first-order valence-electron chi connectivity index (χ1n) is 5.66. The Morgan fingerprint density at radius 3 is 2.53 bits per heavy atom. The van der Waals surface area contributed by atoms with E-state index in [4.69, 9.17) is 0 Å². The monoisotopic (exact) mass is 232 g/mol. The molecule has 1 unspecified atom stereocenters. The van der Waals surface area contributed by atoms with Crippen LogP contribution in [0.1, 0.15) is 31.9 Å². The second-order valence-corrected chi connectivity index (χ2v) is 4.92. The van der Waals surface area contributed by atoms with Gasteiger partial charge in [0.1, 0.15) is 11.4 Å². The van der Waals surface area contributed by atoms with Crippen molar-refractivity contribution in [2.75, 3.05) is 0 Å². The zero-order valence-electron chi connectivity index (χ0n) is 10.2. The fourth-order valence-electron chi connectivity index (χ4n) is 2.16. The minimum Gasteiger partial charge on any atom is -0.508 e. The standard InChI is InChI=1S/C14H16O3/c1-8(2)11-7-13(16)14(3,17)12-6-9(15)4-5-10(11)12/h4-8,15,17H,1-3H3. The Morgan fingerprint density at radius 1 is 1.29 bits per heavy atom. The van der Waals surface area contributed by atoms with Crippen molar-refractivity contribution in [3.05, 3.63) is 35.4 Å². The molecule has 17 heavy (non-hydrogen) atoms. The fraction of sp³-hybridized carbons (Fsp3) is 0.357. The summed E-state index contributed by atoms with van der Waals surface area (Å²) in [7, 11) is 0. The lowest BCUT2D eigenvalue weighted by atomic mass is 9.77. The van der Waals surface area contributed by atoms with E-state index < -0.39 is 5.60 Å². The number of aromatic hydroxyl groups is 1. The van der Waals surface area contributed by atoms with Gasteiger partial charge in [0.15, 0.2) is 5.78 Å². The zero-order chi connectivity index (χ0) is 12.8. The number of carbonyl (C=O) groups is 1. The van der Waals surface area contributed by atoms with Gasteiger partial charge in [0.2, 0.25) is 0 Å². The van der Waals surface area contributed by atoms with Crippen molar-refractivity contribution < 1.29 is 15.0 Å². The molecule has 1 aliphatic rings. The molecule has 0 radical (unpaired) electrons. The van der Waals surface area contributed by atoms with Gasteiger partial charge in [0, 0.05) is 5.56 Å². The number of hydrogen-bond acceptors (Lipinski definition) is 3. The summed E-state index contributed by atoms with van der Waals surface area (Å²) in [5, 5.41) is 19.7. The van der Waals surface area contributed by atoms with E-state index in [-0.39, 0.29) is 17.5 Å². The highest BCUT2D eigenvalue weighted by Crippen LogP contribution is 2.39. The molecular weight excluding hydrogens is 216 g/mol. The molecule has 3 nitrogen and oxygen atoms in total. The Labute approximate surface area is 100 Å². The molecular formula is C14H16O3. The summed E-state index contributed by atoms with van der Waals surface area (Å²) in [5.74, 6) is -0.0838. The minimum atomic E-state index is -1.55. The van der Waals surface area contributed by atoms with Gasteiger partial charge in [-0.15, -0.1) is 0 Å². The summed E-state index contributed by atoms with van der Waals surface area (Å²) < 4.78 is 0. The van der Waals surface area contributed by atoms with Crippen molar-refractivity contribution in [3.63, 3.8) is 0 Å². The number of phenols is 1. The summed E-state index contributed by atoms with van der Waals surface area (Å²) in [5.41, 5.74) is 0.666. The molecule has 0 aromatic heterocycles. The number of carbonyl (C=O) groups excluding carboxylic acids is 1. The Balaban J connectivity index is 2.72. The van der Waals surface area contributed by atoms with E-state index >= 15 is 0 Å². The van der Waals surface area contributed by atoms with Crippen molar-refractivity contribution in [1.82, 2.24) is 0 Å². The van der Waals surface area contributed by atoms with Crippen LogP contribution in [0.2, 0.25) is 0 Å². The topological polar surface area (TPSA) is 57.5 Å². The van der Waals surface area contributed by atoms with E-state index in [9.17, 15) is 15.0 Å². The van der Waals surface area contributed by atoms with Crippen molar-refractivity contribution >= 4 is 11.4 Å². The molecule has 1 atom stereocenters. The van der Waals surface area contributed by atoms with Crippen molar-refractivity contribution in [2.45, 2.75) is 26.4 Å². The highest BCUT2D eigenvalue weighted by atomic mass is 16.3. The fourth-order valence-corrected chi connectivity index (χ4v) is 2.16. The first kappa shape index (κ1) is 11.9. The third-order valence-electron chi connectivity index (χ3n) is 3.23. The van der Waals surface area contributed by atoms with Crippen LogP contribution < -0.4 is 0 Å². The van der Waals surface area contributed by atoms with Crippen LogP contribution in [0.5, 0.6) is 5.75 Å². The molecule has 3 heteroatoms. The van der Waals surface area contributed by atoms with Crippen LogP contribution in [-0.2, 0) is 10.4 Å². The van der Waals surface area contributed by atoms with Gasteiger partial charge in [-0.1, -0.05) is 19.9 Å². The number of phenolic OH excluding ortho intramolecular Hbond substituents is 1. The maximum absolute atomic E-state index is 11.9. The van der Waals surface area contributed by atoms with Crippen LogP contribution in [0.25, 0.3) is 5.57 Å². The first-order valence-corrected chi connectivity index (χ1v) is 5.66. The third kappa shape index (κ3) is 1.76. The molecule has 0 saturated carbocycles. The number of ketones is 1. The molecule has 1 aliphatic carbocycles. The van der Waals surface area contributed by atoms with Gasteiger partial charge >= 0.3 is 0 Å². The van der Waals surface area contributed by atoms with Gasteiger partial charge in [0.25, 0.3) is 0 Å². The van der Waals surface area contributed by atoms with E-state index in [1.54, 1.807) is 12.1 Å². The average Bonchev–Trinajstić information content (AvgIpc) is 2.24. The maximum Gasteiger partial charge on any atom is 0.191 e. The predicted octanol–water partition coefficient (Wildman–Crippen LogP) is 2.22. The van der Waals surface area contributed by atoms with E-state index in [1.165, 1.54) is 19.1 Å². The second-order valence-electron chi connectivity index (χ2n) is 4.92. The lowest BCUT2D eigenvalue weighted by Gasteiger charge is -2.30. The van der Waals surface area contributed by atoms with Gasteiger partial charge in [-0.3, -0.25) is 4.79 Å². The van der Waals surface area contributed by atoms with Gasteiger partial charge in [-0.2, -0.15) is 0 Å². The highest BCUT2D eigenvalue weighted by Gasteiger charge is 2.38. The molecule has 90 valence electrons. The summed E-state index contributed by atoms with van der Waals surface area (Å²) in [6, 6.07) is 4.78. The second kappa shape index (κ2) is 3.70. The van der Waals surface area contributed by atoms with Crippen LogP contribution in [0, 0.1) is 5.92 Å². The lowest BCUT2D eigenvalue weighted by molar-refractivity contribution is -0.131. The van der Waals surface area contributed by atoms with E-state index in [1.807, 2.05) is 13.8 Å². The molecule has 1 aromatic rings. The highest BCUT2D eigenvalue weighted by molar-refractivity contribution is 6.06. The van der Waals surface area contributed by atoms with Crippen molar-refractivity contribution in [1.29, 1.82) is 0 Å². The number of benzene rings is 1.